The molecule has 0 unspecified atom stereocenters. The summed E-state index contributed by atoms with van der Waals surface area (Å²) >= 11 is 0. The van der Waals surface area contributed by atoms with E-state index in [4.69, 9.17) is 9.72 Å². The molecule has 1 amide bonds. The maximum absolute atomic E-state index is 13.9. The summed E-state index contributed by atoms with van der Waals surface area (Å²) in [5.74, 6) is 1.87. The van der Waals surface area contributed by atoms with E-state index in [1.807, 2.05) is 24.4 Å². The van der Waals surface area contributed by atoms with E-state index in [0.717, 1.165) is 53.4 Å². The normalized spacial score (nSPS) is 19.2. The number of pyridine rings is 1. The van der Waals surface area contributed by atoms with Crippen molar-refractivity contribution in [2.45, 2.75) is 44.4 Å². The van der Waals surface area contributed by atoms with Crippen LogP contribution >= 0.6 is 0 Å². The summed E-state index contributed by atoms with van der Waals surface area (Å²) in [6.07, 6.45) is 6.16. The standard InChI is InChI=1S/C28H31FN4O2/c1-17(27-32-25-9-7-20(15-26(25)33-27)28(34)31-13-14-35-2)18-3-5-19(6-4-18)22-11-12-30-24-10-8-21(29)16-23(22)24/h7-12,15-19H,3-6,13-14H2,1-2H3,(H,31,34)(H,32,33)/t17-,18?,19?/m1/s1. The van der Waals surface area contributed by atoms with Crippen LogP contribution in [0.1, 0.15) is 66.2 Å². The number of carbonyl (C=O) groups excluding carboxylic acids is 1. The zero-order chi connectivity index (χ0) is 24.4. The molecule has 2 N–H and O–H groups in total. The number of halogens is 1. The number of aromatic nitrogens is 3. The van der Waals surface area contributed by atoms with Crippen LogP contribution < -0.4 is 5.32 Å². The van der Waals surface area contributed by atoms with Crippen molar-refractivity contribution in [2.75, 3.05) is 20.3 Å². The lowest BCUT2D eigenvalue weighted by Crippen LogP contribution is -2.26. The van der Waals surface area contributed by atoms with E-state index in [9.17, 15) is 9.18 Å². The van der Waals surface area contributed by atoms with Crippen molar-refractivity contribution in [2.24, 2.45) is 5.92 Å². The predicted molar refractivity (Wildman–Crippen MR) is 135 cm³/mol. The third-order valence-corrected chi connectivity index (χ3v) is 7.44. The lowest BCUT2D eigenvalue weighted by atomic mass is 9.73. The molecule has 7 heteroatoms. The van der Waals surface area contributed by atoms with E-state index < -0.39 is 0 Å². The van der Waals surface area contributed by atoms with Gasteiger partial charge in [0.1, 0.15) is 11.6 Å². The number of benzene rings is 2. The molecule has 1 saturated carbocycles. The summed E-state index contributed by atoms with van der Waals surface area (Å²) in [7, 11) is 1.61. The first-order chi connectivity index (χ1) is 17.0. The summed E-state index contributed by atoms with van der Waals surface area (Å²) in [5.41, 5.74) is 4.43. The van der Waals surface area contributed by atoms with Gasteiger partial charge in [-0.2, -0.15) is 0 Å². The minimum atomic E-state index is -0.213. The Hall–Kier alpha value is -3.32. The topological polar surface area (TPSA) is 79.9 Å². The second-order valence-electron chi connectivity index (χ2n) is 9.56. The Balaban J connectivity index is 1.27. The zero-order valence-corrected chi connectivity index (χ0v) is 20.2. The number of rotatable bonds is 7. The van der Waals surface area contributed by atoms with Gasteiger partial charge in [-0.05, 0) is 85.5 Å². The van der Waals surface area contributed by atoms with Gasteiger partial charge in [-0.15, -0.1) is 0 Å². The van der Waals surface area contributed by atoms with E-state index >= 15 is 0 Å². The van der Waals surface area contributed by atoms with Gasteiger partial charge >= 0.3 is 0 Å². The van der Waals surface area contributed by atoms with Crippen molar-refractivity contribution in [3.63, 3.8) is 0 Å². The lowest BCUT2D eigenvalue weighted by molar-refractivity contribution is 0.0937. The van der Waals surface area contributed by atoms with Crippen LogP contribution in [0.2, 0.25) is 0 Å². The van der Waals surface area contributed by atoms with Crippen molar-refractivity contribution in [3.05, 3.63) is 71.4 Å². The molecule has 1 atom stereocenters. The number of hydrogen-bond acceptors (Lipinski definition) is 4. The van der Waals surface area contributed by atoms with E-state index in [-0.39, 0.29) is 17.6 Å². The number of imidazole rings is 1. The molecule has 2 aromatic carbocycles. The molecule has 35 heavy (non-hydrogen) atoms. The van der Waals surface area contributed by atoms with E-state index in [2.05, 4.69) is 28.3 Å². The van der Waals surface area contributed by atoms with Gasteiger partial charge in [0, 0.05) is 36.7 Å². The maximum atomic E-state index is 13.9. The monoisotopic (exact) mass is 474 g/mol. The van der Waals surface area contributed by atoms with Crippen molar-refractivity contribution < 1.29 is 13.9 Å². The minimum Gasteiger partial charge on any atom is -0.383 e. The number of ether oxygens (including phenoxy) is 1. The quantitative estimate of drug-likeness (QED) is 0.337. The summed E-state index contributed by atoms with van der Waals surface area (Å²) in [4.78, 5) is 25.1. The van der Waals surface area contributed by atoms with Crippen LogP contribution in [0.5, 0.6) is 0 Å². The van der Waals surface area contributed by atoms with Crippen LogP contribution in [-0.4, -0.2) is 41.1 Å². The third-order valence-electron chi connectivity index (χ3n) is 7.44. The largest absolute Gasteiger partial charge is 0.383 e. The predicted octanol–water partition coefficient (Wildman–Crippen LogP) is 5.70. The van der Waals surface area contributed by atoms with E-state index in [0.29, 0.717) is 30.6 Å². The first kappa shape index (κ1) is 23.4. The number of fused-ring (bicyclic) bond motifs is 2. The average molecular weight is 475 g/mol. The molecule has 0 radical (unpaired) electrons. The van der Waals surface area contributed by atoms with Gasteiger partial charge in [-0.3, -0.25) is 9.78 Å². The molecule has 0 spiro atoms. The molecule has 1 aliphatic carbocycles. The molecular weight excluding hydrogens is 443 g/mol. The minimum absolute atomic E-state index is 0.116. The van der Waals surface area contributed by atoms with Crippen LogP contribution in [0.15, 0.2) is 48.7 Å². The SMILES string of the molecule is COCCNC(=O)c1ccc2nc([C@H](C)C3CCC(c4ccnc5ccc(F)cc45)CC3)[nH]c2c1. The first-order valence-corrected chi connectivity index (χ1v) is 12.3. The van der Waals surface area contributed by atoms with Gasteiger partial charge in [-0.25, -0.2) is 9.37 Å². The van der Waals surface area contributed by atoms with Gasteiger partial charge in [-0.1, -0.05) is 6.92 Å². The smallest absolute Gasteiger partial charge is 0.251 e. The molecular formula is C28H31FN4O2. The number of nitrogens with one attached hydrogen (secondary N) is 2. The van der Waals surface area contributed by atoms with Gasteiger partial charge < -0.3 is 15.0 Å². The summed E-state index contributed by atoms with van der Waals surface area (Å²) in [5, 5.41) is 3.79. The van der Waals surface area contributed by atoms with E-state index in [1.54, 1.807) is 19.2 Å². The molecule has 0 saturated heterocycles. The van der Waals surface area contributed by atoms with Crippen molar-refractivity contribution in [3.8, 4) is 0 Å². The average Bonchev–Trinajstić information content (AvgIpc) is 3.31. The molecule has 1 fully saturated rings. The third kappa shape index (κ3) is 4.91. The number of amides is 1. The second kappa shape index (κ2) is 10.1. The number of methoxy groups -OCH3 is 1. The molecule has 2 aromatic heterocycles. The number of hydrogen-bond donors (Lipinski definition) is 2. The number of aromatic amines is 1. The number of nitrogens with zero attached hydrogens (tertiary/aromatic N) is 2. The van der Waals surface area contributed by atoms with Gasteiger partial charge in [0.15, 0.2) is 0 Å². The highest BCUT2D eigenvalue weighted by atomic mass is 19.1. The van der Waals surface area contributed by atoms with Crippen LogP contribution in [0.3, 0.4) is 0 Å². The van der Waals surface area contributed by atoms with Crippen molar-refractivity contribution >= 4 is 27.8 Å². The summed E-state index contributed by atoms with van der Waals surface area (Å²) in [6.45, 7) is 3.19. The van der Waals surface area contributed by atoms with E-state index in [1.165, 1.54) is 11.6 Å². The Morgan fingerprint density at radius 1 is 1.14 bits per heavy atom. The van der Waals surface area contributed by atoms with Crippen LogP contribution in [-0.2, 0) is 4.74 Å². The van der Waals surface area contributed by atoms with Crippen LogP contribution in [0.4, 0.5) is 4.39 Å². The number of carbonyl (C=O) groups is 1. The van der Waals surface area contributed by atoms with Crippen LogP contribution in [0.25, 0.3) is 21.9 Å². The Morgan fingerprint density at radius 2 is 1.94 bits per heavy atom. The fraction of sp³-hybridized carbons (Fsp3) is 0.393. The molecule has 2 heterocycles. The van der Waals surface area contributed by atoms with Crippen LogP contribution in [0, 0.1) is 11.7 Å². The molecule has 1 aliphatic rings. The summed E-state index contributed by atoms with van der Waals surface area (Å²) in [6, 6.07) is 12.5. The van der Waals surface area contributed by atoms with Gasteiger partial charge in [0.25, 0.3) is 5.91 Å². The summed E-state index contributed by atoms with van der Waals surface area (Å²) < 4.78 is 18.9. The molecule has 5 rings (SSSR count). The zero-order valence-electron chi connectivity index (χ0n) is 20.2. The molecule has 6 nitrogen and oxygen atoms in total. The second-order valence-corrected chi connectivity index (χ2v) is 9.56. The van der Waals surface area contributed by atoms with Crippen molar-refractivity contribution in [1.29, 1.82) is 0 Å². The molecule has 182 valence electrons. The highest BCUT2D eigenvalue weighted by Crippen LogP contribution is 2.43. The first-order valence-electron chi connectivity index (χ1n) is 12.3. The Bertz CT molecular complexity index is 1340. The Morgan fingerprint density at radius 3 is 2.74 bits per heavy atom. The van der Waals surface area contributed by atoms with Crippen molar-refractivity contribution in [1.82, 2.24) is 20.3 Å². The molecule has 0 aliphatic heterocycles. The fourth-order valence-electron chi connectivity index (χ4n) is 5.40. The highest BCUT2D eigenvalue weighted by Gasteiger charge is 2.29. The molecule has 0 bridgehead atoms. The fourth-order valence-corrected chi connectivity index (χ4v) is 5.40. The number of H-pyrrole nitrogens is 1. The van der Waals surface area contributed by atoms with Gasteiger partial charge in [0.05, 0.1) is 23.2 Å². The Labute approximate surface area is 204 Å². The lowest BCUT2D eigenvalue weighted by Gasteiger charge is -2.32. The highest BCUT2D eigenvalue weighted by molar-refractivity contribution is 5.97. The Kier molecular flexibility index (Phi) is 6.77. The van der Waals surface area contributed by atoms with Gasteiger partial charge in [0.2, 0.25) is 0 Å². The maximum Gasteiger partial charge on any atom is 0.251 e. The molecule has 4 aromatic rings.